The van der Waals surface area contributed by atoms with E-state index in [9.17, 15) is 9.59 Å². The van der Waals surface area contributed by atoms with Crippen molar-refractivity contribution in [3.8, 4) is 0 Å². The van der Waals surface area contributed by atoms with Gasteiger partial charge in [0, 0.05) is 32.6 Å². The first-order chi connectivity index (χ1) is 7.69. The first-order valence-electron chi connectivity index (χ1n) is 5.49. The summed E-state index contributed by atoms with van der Waals surface area (Å²) >= 11 is 0. The molecule has 0 saturated carbocycles. The number of carbonyl (C=O) groups excluding carboxylic acids is 2. The van der Waals surface area contributed by atoms with Gasteiger partial charge in [-0.2, -0.15) is 0 Å². The molecule has 0 spiro atoms. The van der Waals surface area contributed by atoms with Crippen molar-refractivity contribution < 1.29 is 14.3 Å². The molecule has 0 aromatic carbocycles. The van der Waals surface area contributed by atoms with Crippen LogP contribution in [0.5, 0.6) is 0 Å². The molecule has 0 N–H and O–H groups in total. The standard InChI is InChI=1S/C11H18N2O3/c1-3-9-16-11(15)13-7-5-12(6-8-13)10(14)4-2/h3H,1,4-9H2,2H3. The van der Waals surface area contributed by atoms with Crippen molar-refractivity contribution in [3.63, 3.8) is 0 Å². The molecule has 5 nitrogen and oxygen atoms in total. The van der Waals surface area contributed by atoms with Gasteiger partial charge >= 0.3 is 6.09 Å². The van der Waals surface area contributed by atoms with Crippen molar-refractivity contribution in [2.24, 2.45) is 0 Å². The molecule has 1 rings (SSSR count). The van der Waals surface area contributed by atoms with Crippen LogP contribution in [0.15, 0.2) is 12.7 Å². The van der Waals surface area contributed by atoms with Crippen LogP contribution < -0.4 is 0 Å². The molecule has 16 heavy (non-hydrogen) atoms. The Hall–Kier alpha value is -1.52. The van der Waals surface area contributed by atoms with E-state index in [1.165, 1.54) is 6.08 Å². The summed E-state index contributed by atoms with van der Waals surface area (Å²) in [6.07, 6.45) is 1.72. The van der Waals surface area contributed by atoms with Gasteiger partial charge in [0.15, 0.2) is 0 Å². The number of amides is 2. The van der Waals surface area contributed by atoms with Gasteiger partial charge in [0.25, 0.3) is 0 Å². The van der Waals surface area contributed by atoms with Gasteiger partial charge in [-0.1, -0.05) is 19.6 Å². The van der Waals surface area contributed by atoms with E-state index >= 15 is 0 Å². The maximum atomic E-state index is 11.5. The second-order valence-electron chi connectivity index (χ2n) is 3.59. The highest BCUT2D eigenvalue weighted by atomic mass is 16.6. The summed E-state index contributed by atoms with van der Waals surface area (Å²) in [7, 11) is 0. The smallest absolute Gasteiger partial charge is 0.410 e. The lowest BCUT2D eigenvalue weighted by atomic mass is 10.3. The highest BCUT2D eigenvalue weighted by Crippen LogP contribution is 2.05. The van der Waals surface area contributed by atoms with Crippen LogP contribution in [-0.4, -0.2) is 54.6 Å². The van der Waals surface area contributed by atoms with Crippen LogP contribution in [0.2, 0.25) is 0 Å². The van der Waals surface area contributed by atoms with Crippen molar-refractivity contribution in [2.75, 3.05) is 32.8 Å². The molecule has 5 heteroatoms. The molecule has 0 aromatic heterocycles. The minimum absolute atomic E-state index is 0.138. The van der Waals surface area contributed by atoms with Gasteiger partial charge in [-0.3, -0.25) is 4.79 Å². The van der Waals surface area contributed by atoms with Gasteiger partial charge in [-0.15, -0.1) is 0 Å². The fourth-order valence-corrected chi connectivity index (χ4v) is 1.58. The lowest BCUT2D eigenvalue weighted by molar-refractivity contribution is -0.132. The molecule has 1 heterocycles. The van der Waals surface area contributed by atoms with Crippen molar-refractivity contribution in [2.45, 2.75) is 13.3 Å². The number of nitrogens with zero attached hydrogens (tertiary/aromatic N) is 2. The van der Waals surface area contributed by atoms with Crippen LogP contribution in [-0.2, 0) is 9.53 Å². The van der Waals surface area contributed by atoms with Gasteiger partial charge < -0.3 is 14.5 Å². The fraction of sp³-hybridized carbons (Fsp3) is 0.636. The Kier molecular flexibility index (Phi) is 4.82. The monoisotopic (exact) mass is 226 g/mol. The van der Waals surface area contributed by atoms with Crippen LogP contribution in [0.3, 0.4) is 0 Å². The molecule has 1 aliphatic heterocycles. The Balaban J connectivity index is 2.33. The van der Waals surface area contributed by atoms with E-state index in [1.807, 2.05) is 6.92 Å². The van der Waals surface area contributed by atoms with Gasteiger partial charge in [0.2, 0.25) is 5.91 Å². The molecule has 0 bridgehead atoms. The quantitative estimate of drug-likeness (QED) is 0.671. The molecule has 0 aliphatic carbocycles. The summed E-state index contributed by atoms with van der Waals surface area (Å²) in [6, 6.07) is 0. The lowest BCUT2D eigenvalue weighted by Crippen LogP contribution is -2.50. The van der Waals surface area contributed by atoms with Crippen LogP contribution in [0, 0.1) is 0 Å². The Morgan fingerprint density at radius 1 is 1.25 bits per heavy atom. The van der Waals surface area contributed by atoms with Gasteiger partial charge in [0.05, 0.1) is 0 Å². The van der Waals surface area contributed by atoms with E-state index in [0.717, 1.165) is 0 Å². The Bertz CT molecular complexity index is 270. The summed E-state index contributed by atoms with van der Waals surface area (Å²) in [5.41, 5.74) is 0. The molecule has 0 aromatic rings. The number of hydrogen-bond acceptors (Lipinski definition) is 3. The van der Waals surface area contributed by atoms with Crippen molar-refractivity contribution in [1.29, 1.82) is 0 Å². The Labute approximate surface area is 95.6 Å². The van der Waals surface area contributed by atoms with Crippen LogP contribution in [0.4, 0.5) is 4.79 Å². The van der Waals surface area contributed by atoms with Crippen LogP contribution >= 0.6 is 0 Å². The molecule has 0 unspecified atom stereocenters. The highest BCUT2D eigenvalue weighted by Gasteiger charge is 2.23. The first kappa shape index (κ1) is 12.5. The zero-order valence-corrected chi connectivity index (χ0v) is 9.65. The van der Waals surface area contributed by atoms with Crippen LogP contribution in [0.1, 0.15) is 13.3 Å². The fourth-order valence-electron chi connectivity index (χ4n) is 1.58. The third-order valence-electron chi connectivity index (χ3n) is 2.52. The molecule has 1 aliphatic rings. The number of ether oxygens (including phenoxy) is 1. The Morgan fingerprint density at radius 2 is 1.81 bits per heavy atom. The molecule has 1 saturated heterocycles. The summed E-state index contributed by atoms with van der Waals surface area (Å²) < 4.78 is 4.92. The minimum atomic E-state index is -0.330. The maximum absolute atomic E-state index is 11.5. The Morgan fingerprint density at radius 3 is 2.31 bits per heavy atom. The van der Waals surface area contributed by atoms with Crippen molar-refractivity contribution >= 4 is 12.0 Å². The van der Waals surface area contributed by atoms with E-state index in [-0.39, 0.29) is 18.6 Å². The molecular formula is C11H18N2O3. The number of carbonyl (C=O) groups is 2. The van der Waals surface area contributed by atoms with Gasteiger partial charge in [0.1, 0.15) is 6.61 Å². The largest absolute Gasteiger partial charge is 0.445 e. The molecule has 0 atom stereocenters. The van der Waals surface area contributed by atoms with Gasteiger partial charge in [-0.05, 0) is 0 Å². The predicted octanol–water partition coefficient (Wildman–Crippen LogP) is 0.863. The number of hydrogen-bond donors (Lipinski definition) is 0. The van der Waals surface area contributed by atoms with Crippen LogP contribution in [0.25, 0.3) is 0 Å². The molecule has 0 radical (unpaired) electrons. The van der Waals surface area contributed by atoms with Gasteiger partial charge in [-0.25, -0.2) is 4.79 Å². The SMILES string of the molecule is C=CCOC(=O)N1CCN(C(=O)CC)CC1. The summed E-state index contributed by atoms with van der Waals surface area (Å²) in [5.74, 6) is 0.138. The van der Waals surface area contributed by atoms with Crippen molar-refractivity contribution in [3.05, 3.63) is 12.7 Å². The highest BCUT2D eigenvalue weighted by molar-refractivity contribution is 5.76. The summed E-state index contributed by atoms with van der Waals surface area (Å²) in [5, 5.41) is 0. The second-order valence-corrected chi connectivity index (χ2v) is 3.59. The average Bonchev–Trinajstić information content (AvgIpc) is 2.35. The van der Waals surface area contributed by atoms with E-state index in [1.54, 1.807) is 9.80 Å². The average molecular weight is 226 g/mol. The second kappa shape index (κ2) is 6.15. The van der Waals surface area contributed by atoms with E-state index < -0.39 is 0 Å². The zero-order valence-electron chi connectivity index (χ0n) is 9.65. The third kappa shape index (κ3) is 3.25. The van der Waals surface area contributed by atoms with E-state index in [2.05, 4.69) is 6.58 Å². The predicted molar refractivity (Wildman–Crippen MR) is 60.0 cm³/mol. The molecule has 2 amide bonds. The maximum Gasteiger partial charge on any atom is 0.410 e. The lowest BCUT2D eigenvalue weighted by Gasteiger charge is -2.33. The molecule has 90 valence electrons. The first-order valence-corrected chi connectivity index (χ1v) is 5.49. The number of rotatable bonds is 3. The van der Waals surface area contributed by atoms with E-state index in [0.29, 0.717) is 32.6 Å². The third-order valence-corrected chi connectivity index (χ3v) is 2.52. The molecule has 1 fully saturated rings. The zero-order chi connectivity index (χ0) is 12.0. The summed E-state index contributed by atoms with van der Waals surface area (Å²) in [4.78, 5) is 26.2. The topological polar surface area (TPSA) is 49.9 Å². The number of piperazine rings is 1. The van der Waals surface area contributed by atoms with Crippen molar-refractivity contribution in [1.82, 2.24) is 9.80 Å². The van der Waals surface area contributed by atoms with E-state index in [4.69, 9.17) is 4.74 Å². The summed E-state index contributed by atoms with van der Waals surface area (Å²) in [6.45, 7) is 7.82. The molecular weight excluding hydrogens is 208 g/mol. The normalized spacial score (nSPS) is 15.8. The minimum Gasteiger partial charge on any atom is -0.445 e.